The molecule has 0 fully saturated rings. The average Bonchev–Trinajstić information content (AvgIpc) is 2.04. The molecule has 11 heavy (non-hydrogen) atoms. The van der Waals surface area contributed by atoms with Crippen molar-refractivity contribution in [3.63, 3.8) is 0 Å². The van der Waals surface area contributed by atoms with Crippen molar-refractivity contribution < 1.29 is 4.74 Å². The molecule has 0 aromatic heterocycles. The summed E-state index contributed by atoms with van der Waals surface area (Å²) in [6.45, 7) is 0. The van der Waals surface area contributed by atoms with Gasteiger partial charge in [-0.2, -0.15) is 0 Å². The van der Waals surface area contributed by atoms with Crippen molar-refractivity contribution in [1.29, 1.82) is 0 Å². The van der Waals surface area contributed by atoms with Gasteiger partial charge >= 0.3 is 0 Å². The molecule has 0 radical (unpaired) electrons. The molecule has 0 aliphatic heterocycles. The second-order valence-corrected chi connectivity index (χ2v) is 2.82. The van der Waals surface area contributed by atoms with E-state index in [0.717, 1.165) is 4.47 Å². The molecule has 0 bridgehead atoms. The van der Waals surface area contributed by atoms with Gasteiger partial charge in [0.05, 0.1) is 7.11 Å². The third-order valence-corrected chi connectivity index (χ3v) is 1.73. The first-order chi connectivity index (χ1) is 5.27. The highest BCUT2D eigenvalue weighted by molar-refractivity contribution is 9.10. The molecular formula is C7H6BrNO2. The number of rotatable bonds is 2. The lowest BCUT2D eigenvalue weighted by Crippen LogP contribution is -1.82. The quantitative estimate of drug-likeness (QED) is 0.713. The van der Waals surface area contributed by atoms with Crippen molar-refractivity contribution in [3.8, 4) is 5.75 Å². The Morgan fingerprint density at radius 2 is 2.27 bits per heavy atom. The highest BCUT2D eigenvalue weighted by Gasteiger charge is 2.01. The van der Waals surface area contributed by atoms with Gasteiger partial charge in [0.2, 0.25) is 0 Å². The van der Waals surface area contributed by atoms with Gasteiger partial charge in [0.15, 0.2) is 0 Å². The maximum atomic E-state index is 10.2. The van der Waals surface area contributed by atoms with Crippen molar-refractivity contribution in [1.82, 2.24) is 0 Å². The van der Waals surface area contributed by atoms with E-state index in [9.17, 15) is 4.91 Å². The van der Waals surface area contributed by atoms with E-state index in [0.29, 0.717) is 11.4 Å². The van der Waals surface area contributed by atoms with Gasteiger partial charge in [0.25, 0.3) is 0 Å². The van der Waals surface area contributed by atoms with E-state index < -0.39 is 0 Å². The van der Waals surface area contributed by atoms with Crippen LogP contribution in [0.3, 0.4) is 0 Å². The molecular weight excluding hydrogens is 210 g/mol. The second-order valence-electron chi connectivity index (χ2n) is 1.91. The Morgan fingerprint density at radius 3 is 2.82 bits per heavy atom. The molecule has 0 amide bonds. The normalized spacial score (nSPS) is 9.27. The van der Waals surface area contributed by atoms with Gasteiger partial charge < -0.3 is 4.74 Å². The third-order valence-electron chi connectivity index (χ3n) is 1.24. The Kier molecular flexibility index (Phi) is 2.59. The van der Waals surface area contributed by atoms with Crippen molar-refractivity contribution >= 4 is 21.6 Å². The van der Waals surface area contributed by atoms with Crippen molar-refractivity contribution in [2.45, 2.75) is 0 Å². The van der Waals surface area contributed by atoms with Crippen LogP contribution in [0.15, 0.2) is 27.8 Å². The van der Waals surface area contributed by atoms with Gasteiger partial charge in [-0.15, -0.1) is 4.91 Å². The molecule has 0 heterocycles. The van der Waals surface area contributed by atoms with Crippen molar-refractivity contribution in [2.75, 3.05) is 7.11 Å². The maximum absolute atomic E-state index is 10.2. The van der Waals surface area contributed by atoms with Gasteiger partial charge in [-0.25, -0.2) is 0 Å². The number of nitroso groups, excluding NO2 is 1. The van der Waals surface area contributed by atoms with E-state index in [1.54, 1.807) is 18.2 Å². The molecule has 0 aliphatic rings. The lowest BCUT2D eigenvalue weighted by Gasteiger charge is -2.00. The second kappa shape index (κ2) is 3.48. The number of methoxy groups -OCH3 is 1. The highest BCUT2D eigenvalue weighted by Crippen LogP contribution is 2.29. The van der Waals surface area contributed by atoms with Crippen LogP contribution < -0.4 is 4.74 Å². The summed E-state index contributed by atoms with van der Waals surface area (Å²) in [5.41, 5.74) is 0.315. The monoisotopic (exact) mass is 215 g/mol. The fourth-order valence-corrected chi connectivity index (χ4v) is 1.07. The van der Waals surface area contributed by atoms with Crippen LogP contribution in [-0.4, -0.2) is 7.11 Å². The van der Waals surface area contributed by atoms with E-state index in [2.05, 4.69) is 21.1 Å². The Hall–Kier alpha value is -0.900. The minimum Gasteiger partial charge on any atom is -0.494 e. The van der Waals surface area contributed by atoms with Crippen LogP contribution >= 0.6 is 15.9 Å². The summed E-state index contributed by atoms with van der Waals surface area (Å²) in [6.07, 6.45) is 0. The number of benzene rings is 1. The average molecular weight is 216 g/mol. The van der Waals surface area contributed by atoms with Crippen LogP contribution in [-0.2, 0) is 0 Å². The predicted molar refractivity (Wildman–Crippen MR) is 46.1 cm³/mol. The van der Waals surface area contributed by atoms with Crippen LogP contribution in [0.25, 0.3) is 0 Å². The minimum absolute atomic E-state index is 0.315. The molecule has 4 heteroatoms. The number of nitrogens with zero attached hydrogens (tertiary/aromatic N) is 1. The zero-order valence-corrected chi connectivity index (χ0v) is 7.46. The van der Waals surface area contributed by atoms with E-state index in [1.165, 1.54) is 7.11 Å². The molecule has 0 unspecified atom stereocenters. The van der Waals surface area contributed by atoms with E-state index in [-0.39, 0.29) is 0 Å². The first kappa shape index (κ1) is 8.20. The maximum Gasteiger partial charge on any atom is 0.149 e. The van der Waals surface area contributed by atoms with Crippen LogP contribution in [0, 0.1) is 4.91 Å². The molecule has 0 saturated heterocycles. The largest absolute Gasteiger partial charge is 0.494 e. The van der Waals surface area contributed by atoms with E-state index in [4.69, 9.17) is 4.74 Å². The van der Waals surface area contributed by atoms with Crippen LogP contribution in [0.4, 0.5) is 5.69 Å². The van der Waals surface area contributed by atoms with Crippen molar-refractivity contribution in [3.05, 3.63) is 27.6 Å². The lowest BCUT2D eigenvalue weighted by atomic mass is 10.3. The number of halogens is 1. The first-order valence-electron chi connectivity index (χ1n) is 2.95. The fraction of sp³-hybridized carbons (Fsp3) is 0.143. The molecule has 0 spiro atoms. The molecule has 1 aromatic carbocycles. The molecule has 0 aliphatic carbocycles. The molecule has 0 saturated carbocycles. The summed E-state index contributed by atoms with van der Waals surface area (Å²) >= 11 is 3.24. The molecule has 1 rings (SSSR count). The fourth-order valence-electron chi connectivity index (χ4n) is 0.727. The number of ether oxygens (including phenoxy) is 1. The summed E-state index contributed by atoms with van der Waals surface area (Å²) in [5.74, 6) is 0.481. The van der Waals surface area contributed by atoms with Crippen LogP contribution in [0.5, 0.6) is 5.75 Å². The zero-order chi connectivity index (χ0) is 8.27. The van der Waals surface area contributed by atoms with Crippen LogP contribution in [0.2, 0.25) is 0 Å². The number of hydrogen-bond acceptors (Lipinski definition) is 3. The predicted octanol–water partition coefficient (Wildman–Crippen LogP) is 2.86. The van der Waals surface area contributed by atoms with Gasteiger partial charge in [0.1, 0.15) is 11.4 Å². The van der Waals surface area contributed by atoms with Gasteiger partial charge in [-0.3, -0.25) is 0 Å². The van der Waals surface area contributed by atoms with Gasteiger partial charge in [0, 0.05) is 4.47 Å². The van der Waals surface area contributed by atoms with E-state index >= 15 is 0 Å². The molecule has 0 N–H and O–H groups in total. The standard InChI is InChI=1S/C7H6BrNO2/c1-11-7-4-5(8)2-3-6(7)9-10/h2-4H,1H3. The SMILES string of the molecule is COc1cc(Br)ccc1N=O. The van der Waals surface area contributed by atoms with Gasteiger partial charge in [-0.1, -0.05) is 15.9 Å². The smallest absolute Gasteiger partial charge is 0.149 e. The van der Waals surface area contributed by atoms with Crippen LogP contribution in [0.1, 0.15) is 0 Å². The minimum atomic E-state index is 0.315. The van der Waals surface area contributed by atoms with E-state index in [1.807, 2.05) is 0 Å². The Labute approximate surface area is 72.5 Å². The van der Waals surface area contributed by atoms with Gasteiger partial charge in [-0.05, 0) is 23.4 Å². The molecule has 3 nitrogen and oxygen atoms in total. The van der Waals surface area contributed by atoms with Crippen molar-refractivity contribution in [2.24, 2.45) is 5.18 Å². The molecule has 58 valence electrons. The zero-order valence-electron chi connectivity index (χ0n) is 5.87. The Balaban J connectivity index is 3.16. The Morgan fingerprint density at radius 1 is 1.55 bits per heavy atom. The molecule has 0 atom stereocenters. The highest BCUT2D eigenvalue weighted by atomic mass is 79.9. The third kappa shape index (κ3) is 1.77. The lowest BCUT2D eigenvalue weighted by molar-refractivity contribution is 0.416. The summed E-state index contributed by atoms with van der Waals surface area (Å²) in [6, 6.07) is 5.02. The number of hydrogen-bond donors (Lipinski definition) is 0. The summed E-state index contributed by atoms with van der Waals surface area (Å²) in [7, 11) is 1.50. The summed E-state index contributed by atoms with van der Waals surface area (Å²) in [5, 5.41) is 2.79. The first-order valence-corrected chi connectivity index (χ1v) is 3.74. The topological polar surface area (TPSA) is 38.7 Å². The molecule has 1 aromatic rings. The summed E-state index contributed by atoms with van der Waals surface area (Å²) in [4.78, 5) is 10.2. The Bertz CT molecular complexity index is 275. The summed E-state index contributed by atoms with van der Waals surface area (Å²) < 4.78 is 5.76.